The van der Waals surface area contributed by atoms with Gasteiger partial charge in [0, 0.05) is 35.5 Å². The van der Waals surface area contributed by atoms with Gasteiger partial charge in [-0.1, -0.05) is 28.1 Å². The van der Waals surface area contributed by atoms with Crippen LogP contribution in [0.1, 0.15) is 18.4 Å². The van der Waals surface area contributed by atoms with Crippen molar-refractivity contribution in [1.82, 2.24) is 18.8 Å². The Morgan fingerprint density at radius 3 is 2.53 bits per heavy atom. The van der Waals surface area contributed by atoms with Gasteiger partial charge in [-0.2, -0.15) is 0 Å². The molecule has 1 aliphatic rings. The average Bonchev–Trinajstić information content (AvgIpc) is 3.13. The van der Waals surface area contributed by atoms with Crippen molar-refractivity contribution < 1.29 is 13.2 Å². The number of nitrogens with one attached hydrogen (secondary N) is 1. The number of anilines is 1. The normalized spacial score (nSPS) is 15.7. The summed E-state index contributed by atoms with van der Waals surface area (Å²) < 4.78 is 33.8. The number of methoxy groups -OCH3 is 1. The Kier molecular flexibility index (Phi) is 6.22. The van der Waals surface area contributed by atoms with E-state index in [4.69, 9.17) is 4.74 Å². The van der Waals surface area contributed by atoms with Crippen molar-refractivity contribution in [2.75, 3.05) is 31.8 Å². The van der Waals surface area contributed by atoms with Gasteiger partial charge < -0.3 is 14.6 Å². The quantitative estimate of drug-likeness (QED) is 0.391. The van der Waals surface area contributed by atoms with Crippen molar-refractivity contribution in [1.29, 1.82) is 0 Å². The molecule has 0 bridgehead atoms. The molecule has 0 unspecified atom stereocenters. The van der Waals surface area contributed by atoms with E-state index in [1.807, 2.05) is 18.2 Å². The fraction of sp³-hybridized carbons (Fsp3) is 0.333. The number of fused-ring (bicyclic) bond motifs is 3. The first-order valence-corrected chi connectivity index (χ1v) is 13.7. The number of nitrogens with zero attached hydrogens (tertiary/aromatic N) is 4. The Morgan fingerprint density at radius 2 is 1.85 bits per heavy atom. The predicted molar refractivity (Wildman–Crippen MR) is 138 cm³/mol. The summed E-state index contributed by atoms with van der Waals surface area (Å²) in [5, 5.41) is 5.62. The van der Waals surface area contributed by atoms with Crippen LogP contribution in [0.5, 0.6) is 5.75 Å². The lowest BCUT2D eigenvalue weighted by Crippen LogP contribution is -2.41. The number of ether oxygens (including phenoxy) is 1. The number of hydrogen-bond donors (Lipinski definition) is 1. The van der Waals surface area contributed by atoms with E-state index < -0.39 is 10.0 Å². The van der Waals surface area contributed by atoms with Crippen molar-refractivity contribution in [2.45, 2.75) is 25.4 Å². The molecule has 0 aliphatic carbocycles. The van der Waals surface area contributed by atoms with Gasteiger partial charge in [0.15, 0.2) is 0 Å². The van der Waals surface area contributed by atoms with Gasteiger partial charge in [0.2, 0.25) is 10.0 Å². The van der Waals surface area contributed by atoms with Gasteiger partial charge in [0.1, 0.15) is 23.5 Å². The van der Waals surface area contributed by atoms with Gasteiger partial charge in [-0.25, -0.2) is 22.7 Å². The van der Waals surface area contributed by atoms with Gasteiger partial charge in [0.25, 0.3) is 0 Å². The number of sulfonamides is 1. The molecule has 4 aromatic rings. The van der Waals surface area contributed by atoms with Crippen molar-refractivity contribution in [3.05, 3.63) is 58.8 Å². The largest absolute Gasteiger partial charge is 0.497 e. The Hall–Kier alpha value is -2.69. The van der Waals surface area contributed by atoms with E-state index in [1.165, 1.54) is 6.26 Å². The summed E-state index contributed by atoms with van der Waals surface area (Å²) in [7, 11) is -1.49. The number of benzene rings is 2. The maximum absolute atomic E-state index is 11.9. The molecule has 0 radical (unpaired) electrons. The van der Waals surface area contributed by atoms with Crippen molar-refractivity contribution in [3.63, 3.8) is 0 Å². The van der Waals surface area contributed by atoms with Crippen LogP contribution in [0, 0.1) is 0 Å². The number of rotatable bonds is 6. The van der Waals surface area contributed by atoms with Crippen LogP contribution in [-0.2, 0) is 16.6 Å². The zero-order valence-electron chi connectivity index (χ0n) is 19.0. The molecule has 2 aromatic heterocycles. The third-order valence-corrected chi connectivity index (χ3v) is 8.16. The fourth-order valence-corrected chi connectivity index (χ4v) is 5.83. The number of aromatic nitrogens is 3. The van der Waals surface area contributed by atoms with Gasteiger partial charge >= 0.3 is 0 Å². The topological polar surface area (TPSA) is 89.4 Å². The first-order valence-electron chi connectivity index (χ1n) is 11.1. The molecule has 0 amide bonds. The highest BCUT2D eigenvalue weighted by molar-refractivity contribution is 9.10. The molecule has 1 fully saturated rings. The lowest BCUT2D eigenvalue weighted by molar-refractivity contribution is 0.331. The van der Waals surface area contributed by atoms with Crippen LogP contribution >= 0.6 is 15.9 Å². The Bertz CT molecular complexity index is 1450. The van der Waals surface area contributed by atoms with Crippen molar-refractivity contribution in [2.24, 2.45) is 0 Å². The van der Waals surface area contributed by atoms with E-state index in [1.54, 1.807) is 17.7 Å². The van der Waals surface area contributed by atoms with Crippen LogP contribution < -0.4 is 10.1 Å². The third-order valence-electron chi connectivity index (χ3n) is 6.37. The Morgan fingerprint density at radius 1 is 1.12 bits per heavy atom. The second kappa shape index (κ2) is 9.16. The molecule has 0 saturated carbocycles. The molecule has 10 heteroatoms. The number of halogens is 1. The minimum Gasteiger partial charge on any atom is -0.497 e. The monoisotopic (exact) mass is 543 g/mol. The fourth-order valence-electron chi connectivity index (χ4n) is 4.60. The highest BCUT2D eigenvalue weighted by Gasteiger charge is 2.26. The molecule has 2 aromatic carbocycles. The molecular weight excluding hydrogens is 518 g/mol. The van der Waals surface area contributed by atoms with Crippen LogP contribution in [0.15, 0.2) is 53.3 Å². The summed E-state index contributed by atoms with van der Waals surface area (Å²) in [6.45, 7) is 1.68. The Balaban J connectivity index is 1.52. The Labute approximate surface area is 207 Å². The lowest BCUT2D eigenvalue weighted by atomic mass is 10.1. The summed E-state index contributed by atoms with van der Waals surface area (Å²) in [5.41, 5.74) is 3.07. The van der Waals surface area contributed by atoms with E-state index in [-0.39, 0.29) is 6.04 Å². The van der Waals surface area contributed by atoms with E-state index in [9.17, 15) is 8.42 Å². The van der Waals surface area contributed by atoms with E-state index in [0.29, 0.717) is 19.6 Å². The minimum absolute atomic E-state index is 0.142. The van der Waals surface area contributed by atoms with Crippen LogP contribution in [-0.4, -0.2) is 59.8 Å². The molecule has 1 aliphatic heterocycles. The van der Waals surface area contributed by atoms with Crippen LogP contribution in [0.25, 0.3) is 21.9 Å². The first-order chi connectivity index (χ1) is 16.3. The summed E-state index contributed by atoms with van der Waals surface area (Å²) >= 11 is 3.61. The molecule has 1 saturated heterocycles. The van der Waals surface area contributed by atoms with E-state index in [2.05, 4.69) is 60.0 Å². The van der Waals surface area contributed by atoms with E-state index in [0.717, 1.165) is 56.4 Å². The maximum Gasteiger partial charge on any atom is 0.211 e. The highest BCUT2D eigenvalue weighted by atomic mass is 79.9. The molecule has 0 spiro atoms. The maximum atomic E-state index is 11.9. The number of piperidine rings is 1. The number of hydrogen-bond acceptors (Lipinski definition) is 6. The molecule has 34 heavy (non-hydrogen) atoms. The highest BCUT2D eigenvalue weighted by Crippen LogP contribution is 2.35. The second-order valence-electron chi connectivity index (χ2n) is 8.60. The zero-order chi connectivity index (χ0) is 23.9. The van der Waals surface area contributed by atoms with E-state index >= 15 is 0 Å². The van der Waals surface area contributed by atoms with Crippen LogP contribution in [0.4, 0.5) is 5.82 Å². The minimum atomic E-state index is -3.16. The summed E-state index contributed by atoms with van der Waals surface area (Å²) in [5.74, 6) is 1.60. The molecule has 8 nitrogen and oxygen atoms in total. The summed E-state index contributed by atoms with van der Waals surface area (Å²) in [6, 6.07) is 14.4. The second-order valence-corrected chi connectivity index (χ2v) is 11.5. The van der Waals surface area contributed by atoms with Gasteiger partial charge in [-0.3, -0.25) is 0 Å². The van der Waals surface area contributed by atoms with Gasteiger partial charge in [-0.05, 0) is 48.7 Å². The van der Waals surface area contributed by atoms with Gasteiger partial charge in [0.05, 0.1) is 24.3 Å². The predicted octanol–water partition coefficient (Wildman–Crippen LogP) is 4.24. The lowest BCUT2D eigenvalue weighted by Gasteiger charge is -2.31. The standard InChI is InChI=1S/C24H26BrN5O3S/c1-33-19-6-3-16(4-7-19)14-30-21-8-5-17(25)13-20(21)22-23(26-15-27-24(22)30)28-18-9-11-29(12-10-18)34(2,31)32/h3-8,13,15,18H,9-12,14H2,1-2H3,(H,26,27,28). The molecular formula is C24H26BrN5O3S. The van der Waals surface area contributed by atoms with Crippen molar-refractivity contribution in [3.8, 4) is 5.75 Å². The van der Waals surface area contributed by atoms with Crippen LogP contribution in [0.3, 0.4) is 0 Å². The summed E-state index contributed by atoms with van der Waals surface area (Å²) in [4.78, 5) is 9.25. The molecule has 3 heterocycles. The van der Waals surface area contributed by atoms with Gasteiger partial charge in [-0.15, -0.1) is 0 Å². The third kappa shape index (κ3) is 4.49. The molecule has 178 valence electrons. The first kappa shape index (κ1) is 23.1. The molecule has 1 N–H and O–H groups in total. The average molecular weight is 544 g/mol. The van der Waals surface area contributed by atoms with Crippen molar-refractivity contribution >= 4 is 53.7 Å². The smallest absolute Gasteiger partial charge is 0.211 e. The van der Waals surface area contributed by atoms with Crippen LogP contribution in [0.2, 0.25) is 0 Å². The zero-order valence-corrected chi connectivity index (χ0v) is 21.4. The SMILES string of the molecule is COc1ccc(Cn2c3ccc(Br)cc3c3c(NC4CCN(S(C)(=O)=O)CC4)ncnc32)cc1. The molecule has 5 rings (SSSR count). The molecule has 0 atom stereocenters. The summed E-state index contributed by atoms with van der Waals surface area (Å²) in [6.07, 6.45) is 4.32.